The van der Waals surface area contributed by atoms with Gasteiger partial charge in [0.1, 0.15) is 11.7 Å². The van der Waals surface area contributed by atoms with E-state index in [2.05, 4.69) is 20.3 Å². The molecule has 1 saturated carbocycles. The van der Waals surface area contributed by atoms with Gasteiger partial charge < -0.3 is 20.1 Å². The summed E-state index contributed by atoms with van der Waals surface area (Å²) in [5.41, 5.74) is 1.24. The number of methoxy groups -OCH3 is 1. The number of hydrogen-bond acceptors (Lipinski definition) is 8. The Kier molecular flexibility index (Phi) is 8.46. The lowest BCUT2D eigenvalue weighted by Gasteiger charge is -2.53. The highest BCUT2D eigenvalue weighted by Crippen LogP contribution is 2.61. The van der Waals surface area contributed by atoms with E-state index in [0.717, 1.165) is 5.56 Å². The predicted molar refractivity (Wildman–Crippen MR) is 149 cm³/mol. The molecular weight excluding hydrogens is 559 g/mol. The topological polar surface area (TPSA) is 126 Å². The first-order valence-corrected chi connectivity index (χ1v) is 15.3. The normalized spacial score (nSPS) is 29.2. The number of aliphatic hydroxyl groups is 3. The molecule has 1 saturated heterocycles. The molecule has 2 aliphatic rings. The van der Waals surface area contributed by atoms with Crippen LogP contribution in [0.5, 0.6) is 0 Å². The van der Waals surface area contributed by atoms with Crippen LogP contribution in [0.25, 0.3) is 11.3 Å². The van der Waals surface area contributed by atoms with Crippen molar-refractivity contribution in [2.24, 2.45) is 0 Å². The van der Waals surface area contributed by atoms with Gasteiger partial charge >= 0.3 is 0 Å². The Balaban J connectivity index is 1.51. The van der Waals surface area contributed by atoms with E-state index in [0.29, 0.717) is 28.3 Å². The average Bonchev–Trinajstić information content (AvgIpc) is 3.43. The largest absolute Gasteiger partial charge is 0.395 e. The Morgan fingerprint density at radius 1 is 1.17 bits per heavy atom. The molecule has 6 atom stereocenters. The van der Waals surface area contributed by atoms with E-state index in [1.165, 1.54) is 18.0 Å². The Morgan fingerprint density at radius 3 is 2.54 bits per heavy atom. The van der Waals surface area contributed by atoms with Crippen LogP contribution in [0.4, 0.5) is 13.2 Å². The summed E-state index contributed by atoms with van der Waals surface area (Å²) in [5, 5.41) is 41.4. The van der Waals surface area contributed by atoms with Gasteiger partial charge in [-0.1, -0.05) is 11.3 Å². The lowest BCUT2D eigenvalue weighted by molar-refractivity contribution is -0.105. The van der Waals surface area contributed by atoms with Gasteiger partial charge in [-0.25, -0.2) is 29.3 Å². The van der Waals surface area contributed by atoms with Gasteiger partial charge in [0.25, 0.3) is 0 Å². The third-order valence-corrected chi connectivity index (χ3v) is 12.0. The summed E-state index contributed by atoms with van der Waals surface area (Å²) in [7, 11) is 0.0775. The van der Waals surface area contributed by atoms with Gasteiger partial charge in [0, 0.05) is 54.5 Å². The maximum Gasteiger partial charge on any atom is 0.248 e. The van der Waals surface area contributed by atoms with E-state index in [4.69, 9.17) is 4.74 Å². The highest BCUT2D eigenvalue weighted by molar-refractivity contribution is 8.18. The number of nitrogens with zero attached hydrogens (tertiary/aromatic N) is 5. The Morgan fingerprint density at radius 2 is 1.90 bits per heavy atom. The molecule has 3 aromatic heterocycles. The van der Waals surface area contributed by atoms with Gasteiger partial charge in [-0.2, -0.15) is 4.39 Å². The van der Waals surface area contributed by atoms with Gasteiger partial charge in [-0.3, -0.25) is 4.98 Å². The summed E-state index contributed by atoms with van der Waals surface area (Å²) in [6.45, 7) is 3.06. The second kappa shape index (κ2) is 11.6. The Labute approximate surface area is 239 Å². The molecular formula is C28H36F3N5O4S. The summed E-state index contributed by atoms with van der Waals surface area (Å²) in [6, 6.07) is 4.50. The van der Waals surface area contributed by atoms with Crippen LogP contribution in [-0.4, -0.2) is 88.7 Å². The van der Waals surface area contributed by atoms with E-state index < -0.39 is 76.6 Å². The fourth-order valence-electron chi connectivity index (χ4n) is 6.22. The van der Waals surface area contributed by atoms with Crippen LogP contribution in [0.2, 0.25) is 0 Å². The second-order valence-electron chi connectivity index (χ2n) is 11.2. The first-order valence-electron chi connectivity index (χ1n) is 13.6. The molecule has 2 fully saturated rings. The van der Waals surface area contributed by atoms with Crippen LogP contribution in [0.3, 0.4) is 0 Å². The minimum absolute atomic E-state index is 0.119. The van der Waals surface area contributed by atoms with Crippen molar-refractivity contribution in [3.05, 3.63) is 59.6 Å². The van der Waals surface area contributed by atoms with Crippen molar-refractivity contribution in [3.63, 3.8) is 0 Å². The number of rotatable bonds is 7. The molecule has 0 aromatic carbocycles. The summed E-state index contributed by atoms with van der Waals surface area (Å²) in [4.78, 5) is 8.34. The van der Waals surface area contributed by atoms with Gasteiger partial charge in [0.05, 0.1) is 41.6 Å². The van der Waals surface area contributed by atoms with Gasteiger partial charge in [0.2, 0.25) is 11.9 Å². The van der Waals surface area contributed by atoms with Crippen molar-refractivity contribution in [2.75, 3.05) is 19.5 Å². The van der Waals surface area contributed by atoms with Gasteiger partial charge in [0.15, 0.2) is 0 Å². The SMILES string of the molecule is CO[C@H]1C[SH](C(c2ncccc2C)C2(O)CCC(F)(F)CC2)[C@H](CO)[C@H](O)[C@@H]1n1cc(-c2cnc(F)c(C)c2)nn1. The number of aliphatic hydroxyl groups excluding tert-OH is 2. The molecule has 5 rings (SSSR count). The molecule has 9 nitrogen and oxygen atoms in total. The van der Waals surface area contributed by atoms with Crippen LogP contribution in [0, 0.1) is 19.8 Å². The highest BCUT2D eigenvalue weighted by atomic mass is 32.2. The summed E-state index contributed by atoms with van der Waals surface area (Å²) in [5.74, 6) is -3.08. The summed E-state index contributed by atoms with van der Waals surface area (Å²) in [6.07, 6.45) is 1.69. The molecule has 41 heavy (non-hydrogen) atoms. The lowest BCUT2D eigenvalue weighted by atomic mass is 9.79. The minimum Gasteiger partial charge on any atom is -0.395 e. The molecule has 1 aliphatic heterocycles. The van der Waals surface area contributed by atoms with E-state index >= 15 is 0 Å². The van der Waals surface area contributed by atoms with Crippen LogP contribution >= 0.6 is 10.9 Å². The third kappa shape index (κ3) is 5.74. The Bertz CT molecular complexity index is 1370. The van der Waals surface area contributed by atoms with E-state index in [9.17, 15) is 28.5 Å². The zero-order chi connectivity index (χ0) is 29.5. The molecule has 0 bridgehead atoms. The summed E-state index contributed by atoms with van der Waals surface area (Å²) < 4.78 is 49.5. The van der Waals surface area contributed by atoms with E-state index in [-0.39, 0.29) is 12.8 Å². The van der Waals surface area contributed by atoms with Crippen LogP contribution in [0.15, 0.2) is 36.8 Å². The fourth-order valence-corrected chi connectivity index (χ4v) is 10.1. The number of ether oxygens (including phenoxy) is 1. The lowest BCUT2D eigenvalue weighted by Crippen LogP contribution is -2.54. The molecule has 13 heteroatoms. The van der Waals surface area contributed by atoms with Crippen LogP contribution in [0.1, 0.15) is 53.8 Å². The van der Waals surface area contributed by atoms with Crippen molar-refractivity contribution in [1.29, 1.82) is 0 Å². The standard InChI is InChI=1S/C28H36F3N5O4S/c1-16-5-4-10-32-22(16)25(27(39)6-8-28(30,31)9-7-27)41-15-20(40-3)23(24(38)21(41)14-37)36-13-19(34-35-36)18-11-17(2)26(29)33-12-18/h4-5,10-13,20-21,23-25,37-39,41H,6-9,14-15H2,1-3H3/t20-,21+,23+,24-,25?/m0/s1. The number of aryl methyl sites for hydroxylation is 2. The van der Waals surface area contributed by atoms with Gasteiger partial charge in [-0.05, 0) is 44.4 Å². The molecule has 0 spiro atoms. The molecule has 0 radical (unpaired) electrons. The molecule has 3 aromatic rings. The number of alkyl halides is 2. The molecule has 1 aliphatic carbocycles. The van der Waals surface area contributed by atoms with E-state index in [1.807, 2.05) is 13.0 Å². The van der Waals surface area contributed by atoms with Crippen molar-refractivity contribution >= 4 is 10.9 Å². The third-order valence-electron chi connectivity index (χ3n) is 8.55. The fraction of sp³-hybridized carbons (Fsp3) is 0.571. The molecule has 224 valence electrons. The number of aromatic nitrogens is 5. The number of hydrogen-bond donors (Lipinski definition) is 4. The van der Waals surface area contributed by atoms with Crippen LogP contribution in [-0.2, 0) is 4.74 Å². The molecule has 2 unspecified atom stereocenters. The second-order valence-corrected chi connectivity index (χ2v) is 13.8. The first kappa shape index (κ1) is 29.9. The quantitative estimate of drug-likeness (QED) is 0.242. The smallest absolute Gasteiger partial charge is 0.248 e. The molecule has 4 heterocycles. The Hall–Kier alpha value is -2.58. The number of halogens is 3. The maximum atomic E-state index is 14.2. The number of pyridine rings is 2. The highest BCUT2D eigenvalue weighted by Gasteiger charge is 2.54. The summed E-state index contributed by atoms with van der Waals surface area (Å²) >= 11 is 0. The maximum absolute atomic E-state index is 14.2. The zero-order valence-corrected chi connectivity index (χ0v) is 24.1. The monoisotopic (exact) mass is 595 g/mol. The number of thiol groups is 1. The average molecular weight is 596 g/mol. The first-order chi connectivity index (χ1) is 19.5. The van der Waals surface area contributed by atoms with Gasteiger partial charge in [-0.15, -0.1) is 5.10 Å². The van der Waals surface area contributed by atoms with Crippen molar-refractivity contribution < 1.29 is 33.2 Å². The minimum atomic E-state index is -2.85. The van der Waals surface area contributed by atoms with E-state index in [1.54, 1.807) is 31.5 Å². The zero-order valence-electron chi connectivity index (χ0n) is 23.2. The van der Waals surface area contributed by atoms with Crippen molar-refractivity contribution in [1.82, 2.24) is 25.0 Å². The molecule has 0 amide bonds. The van der Waals surface area contributed by atoms with Crippen molar-refractivity contribution in [2.45, 2.75) is 79.8 Å². The molecule has 3 N–H and O–H groups in total. The van der Waals surface area contributed by atoms with Crippen LogP contribution < -0.4 is 0 Å². The van der Waals surface area contributed by atoms with Crippen molar-refractivity contribution in [3.8, 4) is 11.3 Å². The predicted octanol–water partition coefficient (Wildman–Crippen LogP) is 3.47.